The van der Waals surface area contributed by atoms with Crippen molar-refractivity contribution in [2.75, 3.05) is 13.7 Å². The number of nitrogens with one attached hydrogen (secondary N) is 1. The van der Waals surface area contributed by atoms with Crippen LogP contribution in [0.15, 0.2) is 43.5 Å². The maximum Gasteiger partial charge on any atom is 0.106 e. The van der Waals surface area contributed by atoms with Crippen LogP contribution in [0.5, 0.6) is 0 Å². The third kappa shape index (κ3) is 20.6. The van der Waals surface area contributed by atoms with Gasteiger partial charge in [0.15, 0.2) is 0 Å². The first-order chi connectivity index (χ1) is 11.4. The fourth-order valence-electron chi connectivity index (χ4n) is 1.99. The summed E-state index contributed by atoms with van der Waals surface area (Å²) in [5.41, 5.74) is 1.47. The molecule has 3 nitrogen and oxygen atoms in total. The molecule has 1 aromatic carbocycles. The fraction of sp³-hybridized carbons (Fsp3) is 0.550. The standard InChI is InChI=1S/C12H17N.2C2H6.C2H4.CH4O.CH2O/c1-2-5-11(6-3-1)8-9-12-7-4-10-13-12;5*1-2/h1-3,5-6,12-13H,4,7-10H2;2*1-2H3;1-2H2;2H,1H3;1H2. The largest absolute Gasteiger partial charge is 0.400 e. The second kappa shape index (κ2) is 32.5. The van der Waals surface area contributed by atoms with Crippen LogP contribution in [0.2, 0.25) is 0 Å². The van der Waals surface area contributed by atoms with Crippen LogP contribution < -0.4 is 5.32 Å². The molecule has 2 rings (SSSR count). The second-order valence-electron chi connectivity index (χ2n) is 3.82. The second-order valence-corrected chi connectivity index (χ2v) is 3.82. The summed E-state index contributed by atoms with van der Waals surface area (Å²) in [5.74, 6) is 0. The first kappa shape index (κ1) is 29.5. The smallest absolute Gasteiger partial charge is 0.106 e. The quantitative estimate of drug-likeness (QED) is 0.795. The summed E-state index contributed by atoms with van der Waals surface area (Å²) in [7, 11) is 1.00. The molecular weight excluding hydrogens is 286 g/mol. The lowest BCUT2D eigenvalue weighted by atomic mass is 10.0. The molecule has 1 fully saturated rings. The van der Waals surface area contributed by atoms with Crippen molar-refractivity contribution >= 4 is 6.79 Å². The molecule has 0 radical (unpaired) electrons. The number of aryl methyl sites for hydroxylation is 1. The molecule has 1 unspecified atom stereocenters. The van der Waals surface area contributed by atoms with Gasteiger partial charge in [0.2, 0.25) is 0 Å². The Hall–Kier alpha value is -1.45. The van der Waals surface area contributed by atoms with E-state index in [2.05, 4.69) is 48.8 Å². The highest BCUT2D eigenvalue weighted by Crippen LogP contribution is 2.12. The minimum absolute atomic E-state index is 0.778. The Morgan fingerprint density at radius 2 is 1.52 bits per heavy atom. The first-order valence-corrected chi connectivity index (χ1v) is 8.46. The molecule has 1 saturated heterocycles. The molecule has 2 N–H and O–H groups in total. The third-order valence-electron chi connectivity index (χ3n) is 2.79. The van der Waals surface area contributed by atoms with Crippen molar-refractivity contribution in [1.29, 1.82) is 0 Å². The van der Waals surface area contributed by atoms with E-state index in [9.17, 15) is 0 Å². The van der Waals surface area contributed by atoms with Crippen LogP contribution >= 0.6 is 0 Å². The highest BCUT2D eigenvalue weighted by atomic mass is 16.2. The van der Waals surface area contributed by atoms with E-state index in [1.165, 1.54) is 37.8 Å². The molecule has 1 atom stereocenters. The minimum Gasteiger partial charge on any atom is -0.400 e. The third-order valence-corrected chi connectivity index (χ3v) is 2.79. The topological polar surface area (TPSA) is 49.3 Å². The van der Waals surface area contributed by atoms with Gasteiger partial charge in [-0.1, -0.05) is 58.0 Å². The molecule has 3 heteroatoms. The zero-order valence-corrected chi connectivity index (χ0v) is 16.0. The van der Waals surface area contributed by atoms with Crippen molar-refractivity contribution in [2.24, 2.45) is 0 Å². The Bertz CT molecular complexity index is 270. The minimum atomic E-state index is 0.778. The van der Waals surface area contributed by atoms with Crippen LogP contribution in [-0.2, 0) is 11.2 Å². The molecule has 23 heavy (non-hydrogen) atoms. The van der Waals surface area contributed by atoms with Crippen LogP contribution in [0.3, 0.4) is 0 Å². The number of carbonyl (C=O) groups is 1. The number of hydrogen-bond acceptors (Lipinski definition) is 3. The summed E-state index contributed by atoms with van der Waals surface area (Å²) in [4.78, 5) is 8.00. The average molecular weight is 326 g/mol. The van der Waals surface area contributed by atoms with E-state index >= 15 is 0 Å². The van der Waals surface area contributed by atoms with Gasteiger partial charge >= 0.3 is 0 Å². The Labute approximate surface area is 144 Å². The molecule has 0 spiro atoms. The average Bonchev–Trinajstić information content (AvgIpc) is 3.23. The molecule has 1 aliphatic rings. The van der Waals surface area contributed by atoms with Gasteiger partial charge in [-0.05, 0) is 37.8 Å². The predicted octanol–water partition coefficient (Wildman–Crippen LogP) is 4.65. The van der Waals surface area contributed by atoms with Gasteiger partial charge < -0.3 is 15.2 Å². The summed E-state index contributed by atoms with van der Waals surface area (Å²) in [6, 6.07) is 11.5. The fourth-order valence-corrected chi connectivity index (χ4v) is 1.99. The van der Waals surface area contributed by atoms with Gasteiger partial charge in [-0.15, -0.1) is 13.2 Å². The van der Waals surface area contributed by atoms with Gasteiger partial charge in [-0.25, -0.2) is 0 Å². The van der Waals surface area contributed by atoms with Crippen molar-refractivity contribution in [3.05, 3.63) is 49.1 Å². The summed E-state index contributed by atoms with van der Waals surface area (Å²) >= 11 is 0. The first-order valence-electron chi connectivity index (χ1n) is 8.46. The number of aliphatic hydroxyl groups excluding tert-OH is 1. The Kier molecular flexibility index (Phi) is 41.7. The van der Waals surface area contributed by atoms with E-state index < -0.39 is 0 Å². The Balaban J connectivity index is -0.000000156. The van der Waals surface area contributed by atoms with E-state index in [0.29, 0.717) is 0 Å². The zero-order chi connectivity index (χ0) is 18.9. The molecular formula is C20H39NO2. The lowest BCUT2D eigenvalue weighted by Gasteiger charge is -2.09. The summed E-state index contributed by atoms with van der Waals surface area (Å²) in [6.45, 7) is 17.2. The van der Waals surface area contributed by atoms with Crippen LogP contribution in [0.25, 0.3) is 0 Å². The molecule has 1 aliphatic heterocycles. The SMILES string of the molecule is C=C.C=O.CC.CC.CO.c1ccc(CCC2CCCN2)cc1. The lowest BCUT2D eigenvalue weighted by molar-refractivity contribution is -0.0979. The van der Waals surface area contributed by atoms with Crippen molar-refractivity contribution < 1.29 is 9.90 Å². The van der Waals surface area contributed by atoms with Gasteiger partial charge in [0.25, 0.3) is 0 Å². The van der Waals surface area contributed by atoms with Crippen molar-refractivity contribution in [3.63, 3.8) is 0 Å². The summed E-state index contributed by atoms with van der Waals surface area (Å²) in [6.07, 6.45) is 5.24. The Morgan fingerprint density at radius 3 is 1.91 bits per heavy atom. The van der Waals surface area contributed by atoms with E-state index in [0.717, 1.165) is 13.2 Å². The molecule has 0 amide bonds. The number of aliphatic hydroxyl groups is 1. The van der Waals surface area contributed by atoms with Crippen LogP contribution in [0, 0.1) is 0 Å². The summed E-state index contributed by atoms with van der Waals surface area (Å²) < 4.78 is 0. The van der Waals surface area contributed by atoms with E-state index in [1.54, 1.807) is 0 Å². The molecule has 1 aromatic rings. The van der Waals surface area contributed by atoms with Gasteiger partial charge in [0.05, 0.1) is 0 Å². The van der Waals surface area contributed by atoms with Gasteiger partial charge in [-0.3, -0.25) is 0 Å². The number of hydrogen-bond donors (Lipinski definition) is 2. The lowest BCUT2D eigenvalue weighted by Crippen LogP contribution is -2.21. The monoisotopic (exact) mass is 325 g/mol. The highest BCUT2D eigenvalue weighted by molar-refractivity contribution is 5.14. The number of carbonyl (C=O) groups excluding carboxylic acids is 1. The number of benzene rings is 1. The normalized spacial score (nSPS) is 13.6. The molecule has 1 heterocycles. The summed E-state index contributed by atoms with van der Waals surface area (Å²) in [5, 5.41) is 10.5. The van der Waals surface area contributed by atoms with Crippen LogP contribution in [0.4, 0.5) is 0 Å². The maximum absolute atomic E-state index is 8.00. The Morgan fingerprint density at radius 1 is 1.04 bits per heavy atom. The van der Waals surface area contributed by atoms with E-state index in [-0.39, 0.29) is 0 Å². The van der Waals surface area contributed by atoms with Crippen LogP contribution in [-0.4, -0.2) is 31.6 Å². The van der Waals surface area contributed by atoms with Crippen molar-refractivity contribution in [1.82, 2.24) is 5.32 Å². The van der Waals surface area contributed by atoms with E-state index in [4.69, 9.17) is 9.90 Å². The molecule has 136 valence electrons. The maximum atomic E-state index is 8.00. The van der Waals surface area contributed by atoms with Gasteiger partial charge in [0, 0.05) is 13.2 Å². The number of rotatable bonds is 3. The van der Waals surface area contributed by atoms with Gasteiger partial charge in [0.1, 0.15) is 6.79 Å². The zero-order valence-electron chi connectivity index (χ0n) is 16.0. The van der Waals surface area contributed by atoms with Gasteiger partial charge in [-0.2, -0.15) is 0 Å². The van der Waals surface area contributed by atoms with Crippen molar-refractivity contribution in [2.45, 2.75) is 59.4 Å². The van der Waals surface area contributed by atoms with E-state index in [1.807, 2.05) is 34.5 Å². The molecule has 0 aromatic heterocycles. The molecule has 0 aliphatic carbocycles. The molecule has 0 saturated carbocycles. The van der Waals surface area contributed by atoms with Crippen LogP contribution in [0.1, 0.15) is 52.5 Å². The van der Waals surface area contributed by atoms with Crippen molar-refractivity contribution in [3.8, 4) is 0 Å². The highest BCUT2D eigenvalue weighted by Gasteiger charge is 2.12. The molecule has 0 bridgehead atoms. The predicted molar refractivity (Wildman–Crippen MR) is 105 cm³/mol.